The van der Waals surface area contributed by atoms with Crippen LogP contribution in [-0.4, -0.2) is 5.38 Å². The van der Waals surface area contributed by atoms with Gasteiger partial charge >= 0.3 is 0 Å². The van der Waals surface area contributed by atoms with Gasteiger partial charge in [-0.1, -0.05) is 36.6 Å². The first-order valence-electron chi connectivity index (χ1n) is 5.65. The van der Waals surface area contributed by atoms with Gasteiger partial charge in [-0.2, -0.15) is 0 Å². The van der Waals surface area contributed by atoms with Crippen molar-refractivity contribution < 1.29 is 0 Å². The molecule has 1 aromatic rings. The second-order valence-electron chi connectivity index (χ2n) is 4.37. The lowest BCUT2D eigenvalue weighted by Gasteiger charge is -2.16. The monoisotopic (exact) mass is 242 g/mol. The van der Waals surface area contributed by atoms with Crippen LogP contribution in [0.5, 0.6) is 0 Å². The number of benzene rings is 1. The van der Waals surface area contributed by atoms with E-state index in [-0.39, 0.29) is 0 Å². The van der Waals surface area contributed by atoms with Crippen molar-refractivity contribution in [3.63, 3.8) is 0 Å². The van der Waals surface area contributed by atoms with Crippen LogP contribution in [0, 0.1) is 0 Å². The van der Waals surface area contributed by atoms with E-state index in [1.807, 2.05) is 12.1 Å². The van der Waals surface area contributed by atoms with Gasteiger partial charge in [0.25, 0.3) is 0 Å². The van der Waals surface area contributed by atoms with Crippen LogP contribution in [0.25, 0.3) is 0 Å². The lowest BCUT2D eigenvalue weighted by atomic mass is 9.92. The van der Waals surface area contributed by atoms with Crippen LogP contribution in [0.15, 0.2) is 24.3 Å². The molecule has 15 heavy (non-hydrogen) atoms. The van der Waals surface area contributed by atoms with Crippen LogP contribution in [0.1, 0.15) is 43.6 Å². The molecule has 82 valence electrons. The van der Waals surface area contributed by atoms with Gasteiger partial charge in [-0.15, -0.1) is 11.6 Å². The van der Waals surface area contributed by atoms with Gasteiger partial charge in [0.2, 0.25) is 0 Å². The first-order chi connectivity index (χ1) is 7.25. The summed E-state index contributed by atoms with van der Waals surface area (Å²) in [7, 11) is 0. The number of hydrogen-bond acceptors (Lipinski definition) is 0. The van der Waals surface area contributed by atoms with Gasteiger partial charge in [0.15, 0.2) is 0 Å². The van der Waals surface area contributed by atoms with Crippen molar-refractivity contribution in [2.45, 2.75) is 43.4 Å². The molecule has 0 bridgehead atoms. The zero-order chi connectivity index (χ0) is 10.7. The lowest BCUT2D eigenvalue weighted by Crippen LogP contribution is -2.03. The molecule has 0 aliphatic heterocycles. The minimum Gasteiger partial charge on any atom is -0.123 e. The van der Waals surface area contributed by atoms with Crippen molar-refractivity contribution in [2.24, 2.45) is 0 Å². The van der Waals surface area contributed by atoms with Gasteiger partial charge in [-0.3, -0.25) is 0 Å². The quantitative estimate of drug-likeness (QED) is 0.481. The summed E-state index contributed by atoms with van der Waals surface area (Å²) in [5.41, 5.74) is 1.40. The Labute approximate surface area is 102 Å². The van der Waals surface area contributed by atoms with Crippen LogP contribution in [0.4, 0.5) is 0 Å². The van der Waals surface area contributed by atoms with Gasteiger partial charge in [0, 0.05) is 10.4 Å². The molecule has 2 unspecified atom stereocenters. The molecule has 1 aliphatic rings. The predicted octanol–water partition coefficient (Wildman–Crippen LogP) is 5.00. The molecule has 1 saturated carbocycles. The summed E-state index contributed by atoms with van der Waals surface area (Å²) in [5, 5.41) is 1.17. The first-order valence-corrected chi connectivity index (χ1v) is 6.46. The molecule has 0 spiro atoms. The zero-order valence-corrected chi connectivity index (χ0v) is 10.3. The highest BCUT2D eigenvalue weighted by Gasteiger charge is 2.19. The van der Waals surface area contributed by atoms with Crippen molar-refractivity contribution in [1.29, 1.82) is 0 Å². The molecule has 1 aliphatic carbocycles. The molecule has 0 amide bonds. The molecule has 0 saturated heterocycles. The van der Waals surface area contributed by atoms with E-state index < -0.39 is 0 Å². The maximum atomic E-state index is 6.27. The molecule has 2 atom stereocenters. The Morgan fingerprint density at radius 2 is 1.67 bits per heavy atom. The van der Waals surface area contributed by atoms with Gasteiger partial charge in [0.1, 0.15) is 0 Å². The molecule has 0 aromatic heterocycles. The van der Waals surface area contributed by atoms with Crippen LogP contribution in [-0.2, 0) is 0 Å². The Hall–Kier alpha value is -0.200. The first kappa shape index (κ1) is 11.3. The lowest BCUT2D eigenvalue weighted by molar-refractivity contribution is 0.595. The van der Waals surface area contributed by atoms with Gasteiger partial charge < -0.3 is 0 Å². The summed E-state index contributed by atoms with van der Waals surface area (Å²) in [6, 6.07) is 8.24. The summed E-state index contributed by atoms with van der Waals surface area (Å²) in [6.45, 7) is 0. The summed E-state index contributed by atoms with van der Waals surface area (Å²) in [5.74, 6) is 0.632. The highest BCUT2D eigenvalue weighted by atomic mass is 35.5. The average molecular weight is 243 g/mol. The van der Waals surface area contributed by atoms with Crippen LogP contribution in [0.3, 0.4) is 0 Å². The SMILES string of the molecule is Clc1ccc(C2CCCCC(Cl)C2)cc1. The molecule has 2 heteroatoms. The third-order valence-electron chi connectivity index (χ3n) is 3.20. The summed E-state index contributed by atoms with van der Waals surface area (Å²) in [4.78, 5) is 0. The highest BCUT2D eigenvalue weighted by Crippen LogP contribution is 2.34. The van der Waals surface area contributed by atoms with Crippen molar-refractivity contribution in [2.75, 3.05) is 0 Å². The van der Waals surface area contributed by atoms with Crippen LogP contribution < -0.4 is 0 Å². The van der Waals surface area contributed by atoms with Crippen LogP contribution >= 0.6 is 23.2 Å². The van der Waals surface area contributed by atoms with E-state index in [1.165, 1.54) is 31.2 Å². The minimum atomic E-state index is 0.355. The Morgan fingerprint density at radius 3 is 2.40 bits per heavy atom. The summed E-state index contributed by atoms with van der Waals surface area (Å²) >= 11 is 12.2. The third-order valence-corrected chi connectivity index (χ3v) is 3.85. The largest absolute Gasteiger partial charge is 0.123 e. The number of rotatable bonds is 1. The minimum absolute atomic E-state index is 0.355. The molecule has 1 fully saturated rings. The zero-order valence-electron chi connectivity index (χ0n) is 8.76. The standard InChI is InChI=1S/C13H16Cl2/c14-12-7-5-10(6-8-12)11-3-1-2-4-13(15)9-11/h5-8,11,13H,1-4,9H2. The molecular formula is C13H16Cl2. The summed E-state index contributed by atoms with van der Waals surface area (Å²) < 4.78 is 0. The molecule has 0 nitrogen and oxygen atoms in total. The van der Waals surface area contributed by atoms with E-state index in [0.29, 0.717) is 11.3 Å². The molecule has 2 rings (SSSR count). The van der Waals surface area contributed by atoms with E-state index in [2.05, 4.69) is 12.1 Å². The number of alkyl halides is 1. The van der Waals surface area contributed by atoms with E-state index in [0.717, 1.165) is 11.4 Å². The number of halogens is 2. The van der Waals surface area contributed by atoms with Crippen molar-refractivity contribution in [1.82, 2.24) is 0 Å². The van der Waals surface area contributed by atoms with Gasteiger partial charge in [0.05, 0.1) is 0 Å². The van der Waals surface area contributed by atoms with E-state index in [9.17, 15) is 0 Å². The van der Waals surface area contributed by atoms with E-state index >= 15 is 0 Å². The fraction of sp³-hybridized carbons (Fsp3) is 0.538. The normalized spacial score (nSPS) is 27.3. The second-order valence-corrected chi connectivity index (χ2v) is 5.42. The molecular weight excluding hydrogens is 227 g/mol. The van der Waals surface area contributed by atoms with E-state index in [4.69, 9.17) is 23.2 Å². The van der Waals surface area contributed by atoms with Crippen molar-refractivity contribution >= 4 is 23.2 Å². The summed E-state index contributed by atoms with van der Waals surface area (Å²) in [6.07, 6.45) is 6.13. The predicted molar refractivity (Wildman–Crippen MR) is 66.9 cm³/mol. The fourth-order valence-corrected chi connectivity index (χ4v) is 2.83. The maximum Gasteiger partial charge on any atom is 0.0406 e. The van der Waals surface area contributed by atoms with E-state index in [1.54, 1.807) is 0 Å². The smallest absolute Gasteiger partial charge is 0.0406 e. The third kappa shape index (κ3) is 3.12. The molecule has 1 aromatic carbocycles. The Balaban J connectivity index is 2.11. The maximum absolute atomic E-state index is 6.27. The average Bonchev–Trinajstić information content (AvgIpc) is 2.44. The molecule has 0 N–H and O–H groups in total. The Bertz CT molecular complexity index is 305. The highest BCUT2D eigenvalue weighted by molar-refractivity contribution is 6.30. The Morgan fingerprint density at radius 1 is 1.00 bits per heavy atom. The fourth-order valence-electron chi connectivity index (χ4n) is 2.34. The second kappa shape index (κ2) is 5.23. The molecule has 0 heterocycles. The van der Waals surface area contributed by atoms with Gasteiger partial charge in [-0.25, -0.2) is 0 Å². The topological polar surface area (TPSA) is 0 Å². The number of hydrogen-bond donors (Lipinski definition) is 0. The van der Waals surface area contributed by atoms with Crippen LogP contribution in [0.2, 0.25) is 5.02 Å². The van der Waals surface area contributed by atoms with Gasteiger partial charge in [-0.05, 0) is 42.9 Å². The molecule has 0 radical (unpaired) electrons. The van der Waals surface area contributed by atoms with Crippen molar-refractivity contribution in [3.05, 3.63) is 34.9 Å². The Kier molecular flexibility index (Phi) is 3.93. The van der Waals surface area contributed by atoms with Crippen molar-refractivity contribution in [3.8, 4) is 0 Å².